The molecule has 3 heteroatoms. The first kappa shape index (κ1) is 32.3. The monoisotopic (exact) mass is 705 g/mol. The molecular formula is C52H35NO2. The van der Waals surface area contributed by atoms with Crippen LogP contribution < -0.4 is 14.4 Å². The van der Waals surface area contributed by atoms with Crippen molar-refractivity contribution in [3.8, 4) is 67.5 Å². The fourth-order valence-corrected chi connectivity index (χ4v) is 7.73. The lowest BCUT2D eigenvalue weighted by atomic mass is 9.92. The Balaban J connectivity index is 1.12. The molecule has 0 aliphatic carbocycles. The molecule has 10 rings (SSSR count). The molecule has 0 bridgehead atoms. The molecule has 9 aromatic carbocycles. The summed E-state index contributed by atoms with van der Waals surface area (Å²) < 4.78 is 13.4. The predicted octanol–water partition coefficient (Wildman–Crippen LogP) is 14.9. The van der Waals surface area contributed by atoms with Crippen LogP contribution in [0.25, 0.3) is 55.3 Å². The van der Waals surface area contributed by atoms with Gasteiger partial charge in [-0.15, -0.1) is 0 Å². The molecule has 1 aliphatic rings. The third-order valence-electron chi connectivity index (χ3n) is 10.4. The molecule has 0 atom stereocenters. The number of rotatable bonds is 7. The van der Waals surface area contributed by atoms with E-state index in [0.29, 0.717) is 11.5 Å². The lowest BCUT2D eigenvalue weighted by Gasteiger charge is -2.29. The summed E-state index contributed by atoms with van der Waals surface area (Å²) in [6.45, 7) is 0. The Kier molecular flexibility index (Phi) is 8.16. The second kappa shape index (κ2) is 13.9. The molecule has 9 aromatic rings. The SMILES string of the molecule is c1ccc(-c2ccc(N(c3ccc(-c4ccccc4)cc3)c3ccccc3-c3ccccc3-c3cccc4c3Oc3cccc5cccc(c35)O4)cc2)cc1. The Labute approximate surface area is 320 Å². The van der Waals surface area contributed by atoms with Crippen molar-refractivity contribution in [2.75, 3.05) is 4.90 Å². The largest absolute Gasteiger partial charge is 0.453 e. The summed E-state index contributed by atoms with van der Waals surface area (Å²) in [6, 6.07) is 74.4. The van der Waals surface area contributed by atoms with Crippen LogP contribution >= 0.6 is 0 Å². The number of ether oxygens (including phenoxy) is 2. The maximum atomic E-state index is 6.83. The summed E-state index contributed by atoms with van der Waals surface area (Å²) in [7, 11) is 0. The molecule has 0 aromatic heterocycles. The minimum absolute atomic E-state index is 0.683. The van der Waals surface area contributed by atoms with Crippen LogP contribution in [0.4, 0.5) is 17.1 Å². The van der Waals surface area contributed by atoms with Crippen LogP contribution in [0.2, 0.25) is 0 Å². The molecule has 0 spiro atoms. The lowest BCUT2D eigenvalue weighted by molar-refractivity contribution is 0.441. The van der Waals surface area contributed by atoms with Crippen molar-refractivity contribution >= 4 is 27.8 Å². The van der Waals surface area contributed by atoms with Gasteiger partial charge in [-0.1, -0.05) is 164 Å². The lowest BCUT2D eigenvalue weighted by Crippen LogP contribution is -2.11. The Morgan fingerprint density at radius 3 is 1.33 bits per heavy atom. The molecule has 0 N–H and O–H groups in total. The van der Waals surface area contributed by atoms with E-state index in [1.807, 2.05) is 36.4 Å². The van der Waals surface area contributed by atoms with Gasteiger partial charge in [-0.05, 0) is 87.3 Å². The molecule has 1 aliphatic heterocycles. The molecule has 55 heavy (non-hydrogen) atoms. The molecule has 0 amide bonds. The smallest absolute Gasteiger partial charge is 0.177 e. The van der Waals surface area contributed by atoms with Gasteiger partial charge in [0.2, 0.25) is 0 Å². The summed E-state index contributed by atoms with van der Waals surface area (Å²) >= 11 is 0. The molecule has 1 heterocycles. The van der Waals surface area contributed by atoms with Crippen LogP contribution in [0, 0.1) is 0 Å². The molecule has 0 fully saturated rings. The number of hydrogen-bond donors (Lipinski definition) is 0. The Morgan fingerprint density at radius 2 is 0.727 bits per heavy atom. The Morgan fingerprint density at radius 1 is 0.291 bits per heavy atom. The first-order valence-electron chi connectivity index (χ1n) is 18.6. The number of para-hydroxylation sites is 2. The van der Waals surface area contributed by atoms with Crippen molar-refractivity contribution in [3.63, 3.8) is 0 Å². The van der Waals surface area contributed by atoms with Crippen molar-refractivity contribution in [1.82, 2.24) is 0 Å². The average molecular weight is 706 g/mol. The van der Waals surface area contributed by atoms with Crippen LogP contribution in [0.3, 0.4) is 0 Å². The quantitative estimate of drug-likeness (QED) is 0.165. The van der Waals surface area contributed by atoms with Gasteiger partial charge in [0.15, 0.2) is 11.5 Å². The molecule has 0 saturated heterocycles. The van der Waals surface area contributed by atoms with Crippen LogP contribution in [0.5, 0.6) is 23.0 Å². The molecule has 3 nitrogen and oxygen atoms in total. The van der Waals surface area contributed by atoms with Crippen molar-refractivity contribution in [2.24, 2.45) is 0 Å². The summed E-state index contributed by atoms with van der Waals surface area (Å²) in [4.78, 5) is 2.36. The second-order valence-corrected chi connectivity index (χ2v) is 13.7. The second-order valence-electron chi connectivity index (χ2n) is 13.7. The van der Waals surface area contributed by atoms with E-state index < -0.39 is 0 Å². The normalized spacial score (nSPS) is 11.6. The zero-order valence-corrected chi connectivity index (χ0v) is 30.0. The Bertz CT molecular complexity index is 2710. The molecule has 0 unspecified atom stereocenters. The highest BCUT2D eigenvalue weighted by Gasteiger charge is 2.25. The summed E-state index contributed by atoms with van der Waals surface area (Å²) in [5.41, 5.74) is 12.1. The van der Waals surface area contributed by atoms with Gasteiger partial charge >= 0.3 is 0 Å². The average Bonchev–Trinajstić information content (AvgIpc) is 3.43. The van der Waals surface area contributed by atoms with Gasteiger partial charge < -0.3 is 14.4 Å². The maximum Gasteiger partial charge on any atom is 0.177 e. The van der Waals surface area contributed by atoms with Gasteiger partial charge in [0, 0.05) is 22.5 Å². The van der Waals surface area contributed by atoms with Crippen molar-refractivity contribution < 1.29 is 9.47 Å². The highest BCUT2D eigenvalue weighted by atomic mass is 16.5. The van der Waals surface area contributed by atoms with Gasteiger partial charge in [0.05, 0.1) is 11.1 Å². The van der Waals surface area contributed by atoms with Gasteiger partial charge in [-0.25, -0.2) is 0 Å². The Hall–Kier alpha value is -7.36. The van der Waals surface area contributed by atoms with Gasteiger partial charge in [0.25, 0.3) is 0 Å². The minimum atomic E-state index is 0.683. The molecule has 0 radical (unpaired) electrons. The zero-order valence-electron chi connectivity index (χ0n) is 30.0. The predicted molar refractivity (Wildman–Crippen MR) is 227 cm³/mol. The highest BCUT2D eigenvalue weighted by molar-refractivity contribution is 5.98. The number of benzene rings is 9. The topological polar surface area (TPSA) is 21.7 Å². The summed E-state index contributed by atoms with van der Waals surface area (Å²) in [5.74, 6) is 2.94. The highest BCUT2D eigenvalue weighted by Crippen LogP contribution is 2.52. The first-order valence-corrected chi connectivity index (χ1v) is 18.6. The van der Waals surface area contributed by atoms with Gasteiger partial charge in [-0.2, -0.15) is 0 Å². The van der Waals surface area contributed by atoms with Crippen molar-refractivity contribution in [1.29, 1.82) is 0 Å². The third kappa shape index (κ3) is 5.98. The molecule has 260 valence electrons. The van der Waals surface area contributed by atoms with Crippen molar-refractivity contribution in [2.45, 2.75) is 0 Å². The number of fused-ring (bicyclic) bond motifs is 1. The zero-order chi connectivity index (χ0) is 36.6. The number of anilines is 3. The van der Waals surface area contributed by atoms with E-state index in [-0.39, 0.29) is 0 Å². The number of hydrogen-bond acceptors (Lipinski definition) is 3. The van der Waals surface area contributed by atoms with Crippen LogP contribution in [0.1, 0.15) is 0 Å². The van der Waals surface area contributed by atoms with E-state index in [2.05, 4.69) is 181 Å². The summed E-state index contributed by atoms with van der Waals surface area (Å²) in [5, 5.41) is 2.05. The van der Waals surface area contributed by atoms with E-state index in [1.165, 1.54) is 22.3 Å². The fourth-order valence-electron chi connectivity index (χ4n) is 7.73. The van der Waals surface area contributed by atoms with E-state index in [4.69, 9.17) is 9.47 Å². The standard InChI is InChI=1S/C52H35NO2/c1-3-14-36(15-4-1)38-28-32-41(33-29-38)53(42-34-30-39(31-35-42)37-16-5-2-6-17-37)47-24-10-9-22-45(47)43-20-7-8-21-44(43)46-23-13-27-50-52(46)55-49-26-12-19-40-18-11-25-48(54-50)51(40)49/h1-35H. The van der Waals surface area contributed by atoms with E-state index >= 15 is 0 Å². The van der Waals surface area contributed by atoms with Crippen LogP contribution in [-0.4, -0.2) is 0 Å². The fraction of sp³-hybridized carbons (Fsp3) is 0. The molecule has 0 saturated carbocycles. The van der Waals surface area contributed by atoms with Gasteiger partial charge in [0.1, 0.15) is 11.5 Å². The first-order chi connectivity index (χ1) is 27.3. The van der Waals surface area contributed by atoms with E-state index in [9.17, 15) is 0 Å². The maximum absolute atomic E-state index is 6.83. The third-order valence-corrected chi connectivity index (χ3v) is 10.4. The van der Waals surface area contributed by atoms with E-state index in [0.717, 1.165) is 61.6 Å². The number of nitrogens with zero attached hydrogens (tertiary/aromatic N) is 1. The van der Waals surface area contributed by atoms with Crippen LogP contribution in [0.15, 0.2) is 212 Å². The van der Waals surface area contributed by atoms with Crippen LogP contribution in [-0.2, 0) is 0 Å². The van der Waals surface area contributed by atoms with Crippen molar-refractivity contribution in [3.05, 3.63) is 212 Å². The van der Waals surface area contributed by atoms with Gasteiger partial charge in [-0.3, -0.25) is 0 Å². The van der Waals surface area contributed by atoms with E-state index in [1.54, 1.807) is 0 Å². The minimum Gasteiger partial charge on any atom is -0.453 e. The summed E-state index contributed by atoms with van der Waals surface area (Å²) in [6.07, 6.45) is 0. The molecular weight excluding hydrogens is 671 g/mol.